The molecule has 4 nitrogen and oxygen atoms in total. The molecule has 0 saturated carbocycles. The molecular weight excluding hydrogens is 274 g/mol. The summed E-state index contributed by atoms with van der Waals surface area (Å²) >= 11 is 0. The number of carbonyl (C=O) groups is 1. The van der Waals surface area contributed by atoms with E-state index in [0.717, 1.165) is 30.5 Å². The minimum atomic E-state index is -0.0502. The number of benzene rings is 1. The van der Waals surface area contributed by atoms with Crippen molar-refractivity contribution in [3.8, 4) is 0 Å². The van der Waals surface area contributed by atoms with Gasteiger partial charge < -0.3 is 0 Å². The first-order valence-electron chi connectivity index (χ1n) is 7.59. The van der Waals surface area contributed by atoms with Crippen molar-refractivity contribution in [1.29, 1.82) is 0 Å². The summed E-state index contributed by atoms with van der Waals surface area (Å²) in [6.45, 7) is 2.01. The van der Waals surface area contributed by atoms with E-state index in [2.05, 4.69) is 27.6 Å². The molecule has 0 fully saturated rings. The maximum atomic E-state index is 11.9. The van der Waals surface area contributed by atoms with Gasteiger partial charge in [0.15, 0.2) is 0 Å². The number of aryl methyl sites for hydroxylation is 1. The SMILES string of the molecule is CCC(=NNC(=O)CCCc1ccccc1)c1cccnc1. The first-order valence-corrected chi connectivity index (χ1v) is 7.59. The smallest absolute Gasteiger partial charge is 0.240 e. The highest BCUT2D eigenvalue weighted by Crippen LogP contribution is 2.05. The van der Waals surface area contributed by atoms with Gasteiger partial charge >= 0.3 is 0 Å². The van der Waals surface area contributed by atoms with E-state index in [9.17, 15) is 4.79 Å². The van der Waals surface area contributed by atoms with E-state index in [1.54, 1.807) is 12.4 Å². The Kier molecular flexibility index (Phi) is 6.30. The number of carbonyl (C=O) groups excluding carboxylic acids is 1. The minimum Gasteiger partial charge on any atom is -0.273 e. The van der Waals surface area contributed by atoms with Gasteiger partial charge in [0.05, 0.1) is 5.71 Å². The summed E-state index contributed by atoms with van der Waals surface area (Å²) in [6, 6.07) is 14.0. The predicted octanol–water partition coefficient (Wildman–Crippen LogP) is 3.33. The number of hydrazone groups is 1. The summed E-state index contributed by atoms with van der Waals surface area (Å²) in [7, 11) is 0. The molecule has 1 aromatic heterocycles. The Morgan fingerprint density at radius 3 is 2.68 bits per heavy atom. The van der Waals surface area contributed by atoms with Crippen LogP contribution in [0, 0.1) is 0 Å². The highest BCUT2D eigenvalue weighted by molar-refractivity contribution is 6.00. The molecule has 0 radical (unpaired) electrons. The first-order chi connectivity index (χ1) is 10.8. The zero-order chi connectivity index (χ0) is 15.6. The standard InChI is InChI=1S/C18H21N3O/c1-2-17(16-11-7-13-19-14-16)20-21-18(22)12-6-10-15-8-4-3-5-9-15/h3-5,7-9,11,13-14H,2,6,10,12H2,1H3,(H,21,22). The molecule has 1 N–H and O–H groups in total. The van der Waals surface area contributed by atoms with Crippen LogP contribution < -0.4 is 5.43 Å². The van der Waals surface area contributed by atoms with Crippen molar-refractivity contribution in [2.75, 3.05) is 0 Å². The van der Waals surface area contributed by atoms with Gasteiger partial charge in [-0.1, -0.05) is 43.3 Å². The number of hydrogen-bond donors (Lipinski definition) is 1. The first kappa shape index (κ1) is 15.9. The van der Waals surface area contributed by atoms with Gasteiger partial charge in [-0.15, -0.1) is 0 Å². The predicted molar refractivity (Wildman–Crippen MR) is 88.6 cm³/mol. The van der Waals surface area contributed by atoms with Crippen LogP contribution >= 0.6 is 0 Å². The second kappa shape index (κ2) is 8.72. The molecular formula is C18H21N3O. The third kappa shape index (κ3) is 5.13. The highest BCUT2D eigenvalue weighted by atomic mass is 16.2. The summed E-state index contributed by atoms with van der Waals surface area (Å²) in [5, 5.41) is 4.22. The van der Waals surface area contributed by atoms with Crippen molar-refractivity contribution in [3.63, 3.8) is 0 Å². The van der Waals surface area contributed by atoms with Crippen LogP contribution in [0.5, 0.6) is 0 Å². The van der Waals surface area contributed by atoms with E-state index in [4.69, 9.17) is 0 Å². The quantitative estimate of drug-likeness (QED) is 0.629. The van der Waals surface area contributed by atoms with Gasteiger partial charge in [-0.3, -0.25) is 9.78 Å². The normalized spacial score (nSPS) is 11.2. The van der Waals surface area contributed by atoms with Gasteiger partial charge in [0.25, 0.3) is 0 Å². The van der Waals surface area contributed by atoms with E-state index < -0.39 is 0 Å². The summed E-state index contributed by atoms with van der Waals surface area (Å²) < 4.78 is 0. The minimum absolute atomic E-state index is 0.0502. The number of nitrogens with one attached hydrogen (secondary N) is 1. The van der Waals surface area contributed by atoms with Crippen LogP contribution in [0.4, 0.5) is 0 Å². The average Bonchev–Trinajstić information content (AvgIpc) is 2.57. The van der Waals surface area contributed by atoms with E-state index in [-0.39, 0.29) is 5.91 Å². The van der Waals surface area contributed by atoms with Crippen LogP contribution in [0.3, 0.4) is 0 Å². The summed E-state index contributed by atoms with van der Waals surface area (Å²) in [5.41, 5.74) is 5.67. The fourth-order valence-electron chi connectivity index (χ4n) is 2.16. The maximum absolute atomic E-state index is 11.9. The molecule has 2 rings (SSSR count). The second-order valence-corrected chi connectivity index (χ2v) is 5.03. The lowest BCUT2D eigenvalue weighted by Crippen LogP contribution is -2.19. The Balaban J connectivity index is 1.80. The van der Waals surface area contributed by atoms with Crippen LogP contribution in [0.15, 0.2) is 60.0 Å². The van der Waals surface area contributed by atoms with Crippen molar-refractivity contribution >= 4 is 11.6 Å². The average molecular weight is 295 g/mol. The highest BCUT2D eigenvalue weighted by Gasteiger charge is 2.04. The molecule has 4 heteroatoms. The molecule has 2 aromatic rings. The lowest BCUT2D eigenvalue weighted by molar-refractivity contribution is -0.121. The van der Waals surface area contributed by atoms with Gasteiger partial charge in [-0.25, -0.2) is 5.43 Å². The van der Waals surface area contributed by atoms with Crippen molar-refractivity contribution in [1.82, 2.24) is 10.4 Å². The molecule has 0 saturated heterocycles. The van der Waals surface area contributed by atoms with Crippen molar-refractivity contribution in [2.24, 2.45) is 5.10 Å². The van der Waals surface area contributed by atoms with Crippen LogP contribution in [-0.2, 0) is 11.2 Å². The number of rotatable bonds is 7. The number of pyridine rings is 1. The summed E-state index contributed by atoms with van der Waals surface area (Å²) in [6.07, 6.45) is 6.42. The molecule has 1 heterocycles. The molecule has 0 unspecified atom stereocenters. The van der Waals surface area contributed by atoms with Crippen LogP contribution in [0.25, 0.3) is 0 Å². The Bertz CT molecular complexity index is 609. The third-order valence-corrected chi connectivity index (χ3v) is 3.36. The third-order valence-electron chi connectivity index (χ3n) is 3.36. The van der Waals surface area contributed by atoms with E-state index in [1.165, 1.54) is 5.56 Å². The van der Waals surface area contributed by atoms with Crippen molar-refractivity contribution in [3.05, 3.63) is 66.0 Å². The number of nitrogens with zero attached hydrogens (tertiary/aromatic N) is 2. The van der Waals surface area contributed by atoms with Gasteiger partial charge in [-0.05, 0) is 30.9 Å². The number of hydrogen-bond acceptors (Lipinski definition) is 3. The van der Waals surface area contributed by atoms with E-state index in [1.807, 2.05) is 37.3 Å². The Labute approximate surface area is 131 Å². The maximum Gasteiger partial charge on any atom is 0.240 e. The largest absolute Gasteiger partial charge is 0.273 e. The molecule has 0 aliphatic carbocycles. The monoisotopic (exact) mass is 295 g/mol. The molecule has 22 heavy (non-hydrogen) atoms. The topological polar surface area (TPSA) is 54.4 Å². The van der Waals surface area contributed by atoms with Crippen molar-refractivity contribution in [2.45, 2.75) is 32.6 Å². The van der Waals surface area contributed by atoms with Gasteiger partial charge in [0, 0.05) is 24.4 Å². The van der Waals surface area contributed by atoms with E-state index in [0.29, 0.717) is 6.42 Å². The molecule has 0 atom stereocenters. The molecule has 0 bridgehead atoms. The van der Waals surface area contributed by atoms with E-state index >= 15 is 0 Å². The fraction of sp³-hybridized carbons (Fsp3) is 0.278. The summed E-state index contributed by atoms with van der Waals surface area (Å²) in [4.78, 5) is 15.9. The molecule has 0 aliphatic heterocycles. The lowest BCUT2D eigenvalue weighted by atomic mass is 10.1. The lowest BCUT2D eigenvalue weighted by Gasteiger charge is -2.05. The molecule has 114 valence electrons. The fourth-order valence-corrected chi connectivity index (χ4v) is 2.16. The van der Waals surface area contributed by atoms with Crippen LogP contribution in [0.1, 0.15) is 37.3 Å². The zero-order valence-corrected chi connectivity index (χ0v) is 12.8. The Morgan fingerprint density at radius 1 is 1.18 bits per heavy atom. The van der Waals surface area contributed by atoms with Gasteiger partial charge in [0.2, 0.25) is 5.91 Å². The van der Waals surface area contributed by atoms with Crippen LogP contribution in [-0.4, -0.2) is 16.6 Å². The molecule has 1 amide bonds. The Morgan fingerprint density at radius 2 is 2.00 bits per heavy atom. The zero-order valence-electron chi connectivity index (χ0n) is 12.8. The number of amides is 1. The van der Waals surface area contributed by atoms with Crippen molar-refractivity contribution < 1.29 is 4.79 Å². The second-order valence-electron chi connectivity index (χ2n) is 5.03. The number of aromatic nitrogens is 1. The molecule has 1 aromatic carbocycles. The molecule has 0 aliphatic rings. The molecule has 0 spiro atoms. The van der Waals surface area contributed by atoms with Crippen LogP contribution in [0.2, 0.25) is 0 Å². The van der Waals surface area contributed by atoms with Gasteiger partial charge in [-0.2, -0.15) is 5.10 Å². The summed E-state index contributed by atoms with van der Waals surface area (Å²) in [5.74, 6) is -0.0502. The van der Waals surface area contributed by atoms with Gasteiger partial charge in [0.1, 0.15) is 0 Å². The Hall–Kier alpha value is -2.49.